The van der Waals surface area contributed by atoms with E-state index in [1.54, 1.807) is 0 Å². The molecule has 1 N–H and O–H groups in total. The van der Waals surface area contributed by atoms with E-state index in [9.17, 15) is 4.79 Å². The van der Waals surface area contributed by atoms with Crippen LogP contribution in [0.25, 0.3) is 11.1 Å². The summed E-state index contributed by atoms with van der Waals surface area (Å²) in [6, 6.07) is 17.4. The minimum atomic E-state index is -0.0173. The van der Waals surface area contributed by atoms with Crippen LogP contribution >= 0.6 is 0 Å². The summed E-state index contributed by atoms with van der Waals surface area (Å²) in [5.74, 6) is 0.798. The average molecular weight is 466 g/mol. The zero-order valence-electron chi connectivity index (χ0n) is 18.0. The Hall–Kier alpha value is -1.03. The van der Waals surface area contributed by atoms with Crippen molar-refractivity contribution in [1.82, 2.24) is 5.32 Å². The van der Waals surface area contributed by atoms with Crippen molar-refractivity contribution in [2.24, 2.45) is 5.92 Å². The quantitative estimate of drug-likeness (QED) is 0.552. The van der Waals surface area contributed by atoms with Crippen LogP contribution in [0.5, 0.6) is 0 Å². The summed E-state index contributed by atoms with van der Waals surface area (Å²) in [4.78, 5) is 15.1. The fraction of sp³-hybridized carbons (Fsp3) is 0.440. The molecule has 153 valence electrons. The van der Waals surface area contributed by atoms with Gasteiger partial charge in [-0.05, 0) is 41.2 Å². The summed E-state index contributed by atoms with van der Waals surface area (Å²) in [7, 11) is 0. The van der Waals surface area contributed by atoms with Crippen LogP contribution in [-0.4, -0.2) is 32.0 Å². The third-order valence-electron chi connectivity index (χ3n) is 5.47. The van der Waals surface area contributed by atoms with E-state index in [0.29, 0.717) is 18.1 Å². The maximum Gasteiger partial charge on any atom is 0.111 e. The van der Waals surface area contributed by atoms with E-state index in [4.69, 9.17) is 0 Å². The van der Waals surface area contributed by atoms with Gasteiger partial charge in [0, 0.05) is 70.5 Å². The maximum absolute atomic E-state index is 12.7. The molecule has 4 heteroatoms. The molecule has 0 unspecified atom stereocenters. The molecule has 1 radical (unpaired) electrons. The average Bonchev–Trinajstić information content (AvgIpc) is 2.73. The fourth-order valence-corrected chi connectivity index (χ4v) is 3.99. The number of benzene rings is 2. The van der Waals surface area contributed by atoms with Crippen LogP contribution in [0.15, 0.2) is 48.5 Å². The molecule has 3 rings (SSSR count). The van der Waals surface area contributed by atoms with Gasteiger partial charge in [0.15, 0.2) is 0 Å². The first-order chi connectivity index (χ1) is 13.6. The topological polar surface area (TPSA) is 32.3 Å². The van der Waals surface area contributed by atoms with Gasteiger partial charge in [-0.3, -0.25) is 0 Å². The molecule has 1 saturated heterocycles. The number of nitrogens with zero attached hydrogens (tertiary/aromatic N) is 1. The van der Waals surface area contributed by atoms with Gasteiger partial charge >= 0.3 is 0 Å². The summed E-state index contributed by atoms with van der Waals surface area (Å²) in [6.07, 6.45) is 3.41. The molecule has 0 aliphatic carbocycles. The smallest absolute Gasteiger partial charge is 0.111 e. The standard InChI is InChI=1S/C25H33N2O.Y/c1-4-6-25(28)24(17-19(2)3)22-8-5-7-21(18-22)20-9-11-23(12-10-20)27-15-13-26-14-16-27;/h4-5,7-12,18-19,24,26H,6,13-17H2,1-3H3;/q-1;/t24-;/m1./s1. The van der Waals surface area contributed by atoms with E-state index in [2.05, 4.69) is 72.6 Å². The Bertz CT molecular complexity index is 767. The first-order valence-corrected chi connectivity index (χ1v) is 10.5. The van der Waals surface area contributed by atoms with E-state index >= 15 is 0 Å². The normalized spacial score (nSPS) is 15.1. The molecule has 1 aliphatic rings. The van der Waals surface area contributed by atoms with Crippen molar-refractivity contribution < 1.29 is 37.5 Å². The van der Waals surface area contributed by atoms with E-state index in [0.717, 1.165) is 38.2 Å². The zero-order valence-corrected chi connectivity index (χ0v) is 20.9. The van der Waals surface area contributed by atoms with Crippen LogP contribution in [0.2, 0.25) is 0 Å². The second-order valence-electron chi connectivity index (χ2n) is 8.17. The number of piperazine rings is 1. The molecule has 1 heterocycles. The molecule has 1 atom stereocenters. The summed E-state index contributed by atoms with van der Waals surface area (Å²) >= 11 is 0. The Morgan fingerprint density at radius 3 is 2.38 bits per heavy atom. The minimum absolute atomic E-state index is 0. The second-order valence-corrected chi connectivity index (χ2v) is 8.17. The predicted octanol–water partition coefficient (Wildman–Crippen LogP) is 5.07. The van der Waals surface area contributed by atoms with Gasteiger partial charge in [0.05, 0.1) is 0 Å². The predicted molar refractivity (Wildman–Crippen MR) is 119 cm³/mol. The SMILES string of the molecule is C[CH-]CC(=O)[C@H](CC(C)C)c1cccc(-c2ccc(N3CCNCC3)cc2)c1.[Y]. The number of hydrogen-bond donors (Lipinski definition) is 1. The molecule has 2 aromatic rings. The van der Waals surface area contributed by atoms with Crippen LogP contribution in [0.1, 0.15) is 45.1 Å². The van der Waals surface area contributed by atoms with Gasteiger partial charge in [-0.15, -0.1) is 6.42 Å². The van der Waals surface area contributed by atoms with Gasteiger partial charge in [0.1, 0.15) is 5.78 Å². The number of carbonyl (C=O) groups is 1. The van der Waals surface area contributed by atoms with E-state index < -0.39 is 0 Å². The third kappa shape index (κ3) is 6.74. The van der Waals surface area contributed by atoms with Crippen molar-refractivity contribution in [3.8, 4) is 11.1 Å². The van der Waals surface area contributed by atoms with Gasteiger partial charge in [-0.1, -0.05) is 50.2 Å². The first kappa shape index (κ1) is 24.2. The number of carbonyl (C=O) groups excluding carboxylic acids is 1. The Labute approximate surface area is 201 Å². The molecule has 0 amide bonds. The summed E-state index contributed by atoms with van der Waals surface area (Å²) in [6.45, 7) is 10.5. The van der Waals surface area contributed by atoms with Crippen molar-refractivity contribution in [3.05, 3.63) is 60.5 Å². The number of Topliss-reactive ketones (excluding diaryl/α,β-unsaturated/α-hetero) is 1. The molecule has 1 fully saturated rings. The Morgan fingerprint density at radius 2 is 1.76 bits per heavy atom. The van der Waals surface area contributed by atoms with Crippen LogP contribution in [-0.2, 0) is 37.5 Å². The van der Waals surface area contributed by atoms with Crippen LogP contribution in [0.4, 0.5) is 5.69 Å². The van der Waals surface area contributed by atoms with Crippen molar-refractivity contribution >= 4 is 11.5 Å². The number of ketones is 1. The summed E-state index contributed by atoms with van der Waals surface area (Å²) in [5.41, 5.74) is 4.82. The van der Waals surface area contributed by atoms with Crippen molar-refractivity contribution in [3.63, 3.8) is 0 Å². The summed E-state index contributed by atoms with van der Waals surface area (Å²) in [5, 5.41) is 3.40. The number of anilines is 1. The molecular formula is C25H33N2OY-. The van der Waals surface area contributed by atoms with Crippen molar-refractivity contribution in [2.75, 3.05) is 31.1 Å². The Balaban J connectivity index is 0.00000300. The molecule has 0 aromatic heterocycles. The first-order valence-electron chi connectivity index (χ1n) is 10.5. The van der Waals surface area contributed by atoms with Crippen LogP contribution < -0.4 is 10.2 Å². The van der Waals surface area contributed by atoms with Crippen LogP contribution in [0.3, 0.4) is 0 Å². The Kier molecular flexibility index (Phi) is 10.0. The van der Waals surface area contributed by atoms with Gasteiger partial charge in [0.25, 0.3) is 0 Å². The molecule has 1 aliphatic heterocycles. The van der Waals surface area contributed by atoms with E-state index in [-0.39, 0.29) is 38.6 Å². The zero-order chi connectivity index (χ0) is 19.9. The van der Waals surface area contributed by atoms with E-state index in [1.807, 2.05) is 13.3 Å². The largest absolute Gasteiger partial charge is 0.369 e. The maximum atomic E-state index is 12.7. The second kappa shape index (κ2) is 12.0. The third-order valence-corrected chi connectivity index (χ3v) is 5.47. The van der Waals surface area contributed by atoms with Gasteiger partial charge in [0.2, 0.25) is 0 Å². The van der Waals surface area contributed by atoms with Crippen molar-refractivity contribution in [1.29, 1.82) is 0 Å². The number of nitrogens with one attached hydrogen (secondary N) is 1. The monoisotopic (exact) mass is 466 g/mol. The Morgan fingerprint density at radius 1 is 1.07 bits per heavy atom. The molecule has 2 aromatic carbocycles. The van der Waals surface area contributed by atoms with Gasteiger partial charge < -0.3 is 21.4 Å². The molecule has 0 spiro atoms. The number of hydrogen-bond acceptors (Lipinski definition) is 3. The van der Waals surface area contributed by atoms with Gasteiger partial charge in [-0.25, -0.2) is 0 Å². The van der Waals surface area contributed by atoms with Crippen LogP contribution in [0, 0.1) is 12.3 Å². The number of rotatable bonds is 8. The molecule has 0 saturated carbocycles. The van der Waals surface area contributed by atoms with Gasteiger partial charge in [-0.2, -0.15) is 6.92 Å². The minimum Gasteiger partial charge on any atom is -0.369 e. The molecule has 29 heavy (non-hydrogen) atoms. The van der Waals surface area contributed by atoms with E-state index in [1.165, 1.54) is 16.8 Å². The molecule has 0 bridgehead atoms. The fourth-order valence-electron chi connectivity index (χ4n) is 3.99. The molecule has 3 nitrogen and oxygen atoms in total. The molecular weight excluding hydrogens is 433 g/mol. The summed E-state index contributed by atoms with van der Waals surface area (Å²) < 4.78 is 0. The van der Waals surface area contributed by atoms with Crippen molar-refractivity contribution in [2.45, 2.75) is 39.5 Å².